The van der Waals surface area contributed by atoms with Gasteiger partial charge in [0.25, 0.3) is 0 Å². The minimum absolute atomic E-state index is 0.314. The molecule has 6 heteroatoms. The Labute approximate surface area is 169 Å². The largest absolute Gasteiger partial charge is 0.465 e. The zero-order chi connectivity index (χ0) is 19.6. The predicted molar refractivity (Wildman–Crippen MR) is 107 cm³/mol. The summed E-state index contributed by atoms with van der Waals surface area (Å²) < 4.78 is 13.7. The summed E-state index contributed by atoms with van der Waals surface area (Å²) in [5.41, 5.74) is -0.235. The summed E-state index contributed by atoms with van der Waals surface area (Å²) in [5.74, 6) is 1.07. The highest BCUT2D eigenvalue weighted by molar-refractivity contribution is 6.30. The number of imidazole rings is 1. The lowest BCUT2D eigenvalue weighted by molar-refractivity contribution is -0.107. The van der Waals surface area contributed by atoms with Crippen molar-refractivity contribution in [2.75, 3.05) is 6.61 Å². The molecule has 0 amide bonds. The molecular weight excluding hydrogens is 376 g/mol. The van der Waals surface area contributed by atoms with Crippen molar-refractivity contribution in [2.24, 2.45) is 7.05 Å². The second-order valence-corrected chi connectivity index (χ2v) is 7.43. The molecule has 0 aliphatic carbocycles. The Balaban J connectivity index is 1.84. The van der Waals surface area contributed by atoms with Crippen LogP contribution in [0.15, 0.2) is 60.9 Å². The van der Waals surface area contributed by atoms with Crippen molar-refractivity contribution in [1.29, 1.82) is 0 Å². The first kappa shape index (κ1) is 19.0. The van der Waals surface area contributed by atoms with Crippen LogP contribution < -0.4 is 4.74 Å². The second-order valence-electron chi connectivity index (χ2n) is 6.99. The van der Waals surface area contributed by atoms with Gasteiger partial charge >= 0.3 is 0 Å². The molecule has 2 unspecified atom stereocenters. The molecule has 3 aromatic rings. The van der Waals surface area contributed by atoms with Crippen molar-refractivity contribution < 1.29 is 14.6 Å². The van der Waals surface area contributed by atoms with Gasteiger partial charge in [0.1, 0.15) is 11.6 Å². The van der Waals surface area contributed by atoms with Crippen LogP contribution >= 0.6 is 11.6 Å². The molecule has 5 nitrogen and oxygen atoms in total. The molecule has 1 aromatic heterocycles. The molecule has 0 spiro atoms. The van der Waals surface area contributed by atoms with E-state index in [1.807, 2.05) is 54.2 Å². The van der Waals surface area contributed by atoms with Gasteiger partial charge in [-0.05, 0) is 36.6 Å². The van der Waals surface area contributed by atoms with E-state index in [-0.39, 0.29) is 6.29 Å². The molecule has 146 valence electrons. The molecule has 2 aromatic carbocycles. The zero-order valence-corrected chi connectivity index (χ0v) is 16.5. The molecule has 1 aliphatic heterocycles. The Bertz CT molecular complexity index is 935. The monoisotopic (exact) mass is 398 g/mol. The summed E-state index contributed by atoms with van der Waals surface area (Å²) in [4.78, 5) is 4.44. The maximum atomic E-state index is 12.0. The minimum Gasteiger partial charge on any atom is -0.465 e. The van der Waals surface area contributed by atoms with Crippen molar-refractivity contribution >= 4 is 11.6 Å². The topological polar surface area (TPSA) is 56.5 Å². The highest BCUT2D eigenvalue weighted by Gasteiger charge is 2.40. The van der Waals surface area contributed by atoms with Gasteiger partial charge in [-0.15, -0.1) is 0 Å². The normalized spacial score (nSPS) is 19.2. The minimum atomic E-state index is -1.51. The fraction of sp³-hybridized carbons (Fsp3) is 0.318. The molecule has 2 atom stereocenters. The Kier molecular flexibility index (Phi) is 5.40. The third kappa shape index (κ3) is 3.53. The van der Waals surface area contributed by atoms with Crippen LogP contribution in [0.4, 0.5) is 0 Å². The molecule has 1 aliphatic rings. The number of para-hydroxylation sites is 1. The van der Waals surface area contributed by atoms with Crippen LogP contribution in [0.3, 0.4) is 0 Å². The number of aromatic nitrogens is 2. The van der Waals surface area contributed by atoms with Crippen molar-refractivity contribution in [3.05, 3.63) is 82.9 Å². The van der Waals surface area contributed by atoms with E-state index in [1.165, 1.54) is 0 Å². The lowest BCUT2D eigenvalue weighted by atomic mass is 9.84. The number of benzene rings is 2. The summed E-state index contributed by atoms with van der Waals surface area (Å²) >= 11 is 6.08. The zero-order valence-electron chi connectivity index (χ0n) is 15.7. The van der Waals surface area contributed by atoms with Gasteiger partial charge in [-0.2, -0.15) is 0 Å². The van der Waals surface area contributed by atoms with Crippen LogP contribution in [-0.2, 0) is 17.4 Å². The predicted octanol–water partition coefficient (Wildman–Crippen LogP) is 4.26. The summed E-state index contributed by atoms with van der Waals surface area (Å²) in [7, 11) is 1.86. The maximum absolute atomic E-state index is 12.0. The van der Waals surface area contributed by atoms with Crippen molar-refractivity contribution in [3.63, 3.8) is 0 Å². The van der Waals surface area contributed by atoms with Gasteiger partial charge < -0.3 is 19.1 Å². The van der Waals surface area contributed by atoms with E-state index in [1.54, 1.807) is 18.3 Å². The second kappa shape index (κ2) is 7.95. The first-order chi connectivity index (χ1) is 13.6. The SMILES string of the molecule is Cn1ccnc1C(O)(c1ccc(Cl)cc1)c1ccccc1OC1CCCCO1. The number of hydrogen-bond donors (Lipinski definition) is 1. The van der Waals surface area contributed by atoms with Crippen LogP contribution in [0.1, 0.15) is 36.2 Å². The van der Waals surface area contributed by atoms with E-state index in [2.05, 4.69) is 4.98 Å². The smallest absolute Gasteiger partial charge is 0.199 e. The van der Waals surface area contributed by atoms with Gasteiger partial charge in [-0.3, -0.25) is 0 Å². The van der Waals surface area contributed by atoms with Crippen molar-refractivity contribution in [3.8, 4) is 5.75 Å². The van der Waals surface area contributed by atoms with E-state index in [9.17, 15) is 5.11 Å². The molecule has 4 rings (SSSR count). The number of aliphatic hydroxyl groups is 1. The molecule has 1 saturated heterocycles. The van der Waals surface area contributed by atoms with Gasteiger partial charge in [0.2, 0.25) is 0 Å². The van der Waals surface area contributed by atoms with Crippen LogP contribution in [0.2, 0.25) is 5.02 Å². The number of halogens is 1. The third-order valence-electron chi connectivity index (χ3n) is 5.08. The fourth-order valence-corrected chi connectivity index (χ4v) is 3.75. The number of rotatable bonds is 5. The highest BCUT2D eigenvalue weighted by Crippen LogP contribution is 2.41. The van der Waals surface area contributed by atoms with Gasteiger partial charge in [-0.25, -0.2) is 4.98 Å². The Morgan fingerprint density at radius 1 is 1.18 bits per heavy atom. The van der Waals surface area contributed by atoms with E-state index >= 15 is 0 Å². The molecule has 1 fully saturated rings. The molecule has 0 bridgehead atoms. The first-order valence-corrected chi connectivity index (χ1v) is 9.81. The standard InChI is InChI=1S/C22H23ClN2O3/c1-25-14-13-24-21(25)22(26,16-9-11-17(23)12-10-16)18-6-2-3-7-19(18)28-20-8-4-5-15-27-20/h2-3,6-7,9-14,20,26H,4-5,8,15H2,1H3. The summed E-state index contributed by atoms with van der Waals surface area (Å²) in [6.45, 7) is 0.688. The van der Waals surface area contributed by atoms with E-state index in [4.69, 9.17) is 21.1 Å². The summed E-state index contributed by atoms with van der Waals surface area (Å²) in [6, 6.07) is 14.6. The lowest BCUT2D eigenvalue weighted by Gasteiger charge is -2.32. The van der Waals surface area contributed by atoms with E-state index in [0.717, 1.165) is 19.3 Å². The van der Waals surface area contributed by atoms with Crippen molar-refractivity contribution in [1.82, 2.24) is 9.55 Å². The van der Waals surface area contributed by atoms with Gasteiger partial charge in [-0.1, -0.05) is 41.9 Å². The van der Waals surface area contributed by atoms with Gasteiger partial charge in [0, 0.05) is 36.4 Å². The van der Waals surface area contributed by atoms with Crippen LogP contribution in [0.25, 0.3) is 0 Å². The van der Waals surface area contributed by atoms with E-state index < -0.39 is 5.60 Å². The maximum Gasteiger partial charge on any atom is 0.199 e. The average Bonchev–Trinajstić information content (AvgIpc) is 3.16. The van der Waals surface area contributed by atoms with Crippen LogP contribution in [-0.4, -0.2) is 27.6 Å². The van der Waals surface area contributed by atoms with Crippen molar-refractivity contribution in [2.45, 2.75) is 31.2 Å². The quantitative estimate of drug-likeness (QED) is 0.697. The van der Waals surface area contributed by atoms with E-state index in [0.29, 0.717) is 34.3 Å². The summed E-state index contributed by atoms with van der Waals surface area (Å²) in [5, 5.41) is 12.7. The molecule has 1 N–H and O–H groups in total. The van der Waals surface area contributed by atoms with Crippen LogP contribution in [0.5, 0.6) is 5.75 Å². The highest BCUT2D eigenvalue weighted by atomic mass is 35.5. The van der Waals surface area contributed by atoms with Gasteiger partial charge in [0.15, 0.2) is 11.9 Å². The Morgan fingerprint density at radius 3 is 2.64 bits per heavy atom. The Morgan fingerprint density at radius 2 is 1.96 bits per heavy atom. The average molecular weight is 399 g/mol. The Hall–Kier alpha value is -2.34. The van der Waals surface area contributed by atoms with Gasteiger partial charge in [0.05, 0.1) is 6.61 Å². The molecule has 28 heavy (non-hydrogen) atoms. The molecule has 2 heterocycles. The third-order valence-corrected chi connectivity index (χ3v) is 5.33. The number of ether oxygens (including phenoxy) is 2. The molecule has 0 saturated carbocycles. The summed E-state index contributed by atoms with van der Waals surface area (Å²) in [6.07, 6.45) is 6.10. The fourth-order valence-electron chi connectivity index (χ4n) is 3.62. The number of aryl methyl sites for hydroxylation is 1. The number of nitrogens with zero attached hydrogens (tertiary/aromatic N) is 2. The first-order valence-electron chi connectivity index (χ1n) is 9.43. The van der Waals surface area contributed by atoms with Crippen LogP contribution in [0, 0.1) is 0 Å². The lowest BCUT2D eigenvalue weighted by Crippen LogP contribution is -2.34. The molecular formula is C22H23ClN2O3. The number of hydrogen-bond acceptors (Lipinski definition) is 4. The molecule has 0 radical (unpaired) electrons.